The Balaban J connectivity index is 1.96. The third-order valence-electron chi connectivity index (χ3n) is 3.55. The Bertz CT molecular complexity index is 980. The zero-order valence-corrected chi connectivity index (χ0v) is 13.3. The quantitative estimate of drug-likeness (QED) is 0.623. The average molecular weight is 394 g/mol. The molecule has 5 nitrogen and oxygen atoms in total. The van der Waals surface area contributed by atoms with Crippen LogP contribution in [0.1, 0.15) is 12.6 Å². The summed E-state index contributed by atoms with van der Waals surface area (Å²) in [4.78, 5) is 10.6. The van der Waals surface area contributed by atoms with E-state index in [2.05, 4.69) is 19.7 Å². The van der Waals surface area contributed by atoms with Gasteiger partial charge in [-0.05, 0) is 19.1 Å². The van der Waals surface area contributed by atoms with E-state index in [1.807, 2.05) is 0 Å². The van der Waals surface area contributed by atoms with E-state index in [-0.39, 0.29) is 16.8 Å². The Morgan fingerprint density at radius 3 is 2.26 bits per heavy atom. The fourth-order valence-corrected chi connectivity index (χ4v) is 2.16. The predicted octanol–water partition coefficient (Wildman–Crippen LogP) is 4.28. The minimum Gasteiger partial charge on any atom is -0.463 e. The summed E-state index contributed by atoms with van der Waals surface area (Å²) in [5.41, 5.74) is -1.59. The smallest absolute Gasteiger partial charge is 0.435 e. The number of alkyl halides is 6. The molecule has 0 aromatic carbocycles. The molecule has 0 fully saturated rings. The maximum Gasteiger partial charge on any atom is 0.435 e. The summed E-state index contributed by atoms with van der Waals surface area (Å²) in [5, 5.41) is 0. The summed E-state index contributed by atoms with van der Waals surface area (Å²) in [6, 6.07) is 1.79. The Morgan fingerprint density at radius 1 is 1.00 bits per heavy atom. The number of rotatable bonds is 3. The highest BCUT2D eigenvalue weighted by atomic mass is 19.4. The highest BCUT2D eigenvalue weighted by Crippen LogP contribution is 2.33. The van der Waals surface area contributed by atoms with Gasteiger partial charge in [0.05, 0.1) is 11.2 Å². The lowest BCUT2D eigenvalue weighted by molar-refractivity contribution is -0.190. The van der Waals surface area contributed by atoms with E-state index < -0.39 is 35.8 Å². The van der Waals surface area contributed by atoms with Gasteiger partial charge in [0.1, 0.15) is 12.7 Å². The third-order valence-corrected chi connectivity index (χ3v) is 3.55. The largest absolute Gasteiger partial charge is 0.463 e. The minimum absolute atomic E-state index is 0.0451. The molecule has 3 rings (SSSR count). The van der Waals surface area contributed by atoms with E-state index >= 15 is 0 Å². The van der Waals surface area contributed by atoms with Gasteiger partial charge < -0.3 is 4.74 Å². The molecule has 0 bridgehead atoms. The summed E-state index contributed by atoms with van der Waals surface area (Å²) in [7, 11) is 0. The van der Waals surface area contributed by atoms with Crippen molar-refractivity contribution in [3.05, 3.63) is 42.5 Å². The number of hydrogen-bond donors (Lipinski definition) is 0. The monoisotopic (exact) mass is 394 g/mol. The van der Waals surface area contributed by atoms with E-state index in [1.165, 1.54) is 0 Å². The number of fused-ring (bicyclic) bond motifs is 1. The lowest BCUT2D eigenvalue weighted by atomic mass is 10.2. The summed E-state index contributed by atoms with van der Waals surface area (Å²) >= 11 is 0. The first-order valence-electron chi connectivity index (χ1n) is 7.26. The van der Waals surface area contributed by atoms with Crippen LogP contribution in [0.5, 0.6) is 5.88 Å². The molecule has 12 heteroatoms. The van der Waals surface area contributed by atoms with E-state index in [9.17, 15) is 30.7 Å². The molecule has 0 spiro atoms. The standard InChI is InChI=1S/C15H9F7N4O/c1-7(14(17,18)19)27-13-9(16)2-8(4-23-13)10-3-11-12(15(20,21)22)25-6-26(11)5-24-10/h2-7H,1H3/t7-/m0/s1. The highest BCUT2D eigenvalue weighted by molar-refractivity contribution is 5.66. The molecule has 0 aliphatic heterocycles. The molecule has 0 amide bonds. The molecule has 0 radical (unpaired) electrons. The number of pyridine rings is 1. The second kappa shape index (κ2) is 6.35. The third kappa shape index (κ3) is 3.78. The highest BCUT2D eigenvalue weighted by Gasteiger charge is 2.39. The average Bonchev–Trinajstić information content (AvgIpc) is 2.99. The molecule has 0 aliphatic carbocycles. The Hall–Kier alpha value is -2.92. The van der Waals surface area contributed by atoms with E-state index in [4.69, 9.17) is 0 Å². The van der Waals surface area contributed by atoms with Gasteiger partial charge in [-0.3, -0.25) is 4.40 Å². The van der Waals surface area contributed by atoms with Crippen LogP contribution in [0.3, 0.4) is 0 Å². The number of ether oxygens (including phenoxy) is 1. The summed E-state index contributed by atoms with van der Waals surface area (Å²) < 4.78 is 95.7. The molecule has 0 saturated carbocycles. The number of aromatic nitrogens is 4. The Morgan fingerprint density at radius 2 is 1.67 bits per heavy atom. The van der Waals surface area contributed by atoms with Gasteiger partial charge in [-0.1, -0.05) is 0 Å². The van der Waals surface area contributed by atoms with Gasteiger partial charge in [-0.15, -0.1) is 0 Å². The lowest BCUT2D eigenvalue weighted by Gasteiger charge is -2.17. The van der Waals surface area contributed by atoms with Crippen LogP contribution in [-0.4, -0.2) is 31.6 Å². The molecule has 27 heavy (non-hydrogen) atoms. The van der Waals surface area contributed by atoms with E-state index in [0.717, 1.165) is 35.4 Å². The van der Waals surface area contributed by atoms with Gasteiger partial charge in [0, 0.05) is 11.8 Å². The van der Waals surface area contributed by atoms with Crippen LogP contribution in [0.25, 0.3) is 16.8 Å². The number of hydrogen-bond acceptors (Lipinski definition) is 4. The molecular weight excluding hydrogens is 385 g/mol. The second-order valence-electron chi connectivity index (χ2n) is 5.47. The van der Waals surface area contributed by atoms with Crippen molar-refractivity contribution in [3.63, 3.8) is 0 Å². The van der Waals surface area contributed by atoms with E-state index in [1.54, 1.807) is 0 Å². The Kier molecular flexibility index (Phi) is 4.44. The van der Waals surface area contributed by atoms with Gasteiger partial charge >= 0.3 is 12.4 Å². The number of halogens is 7. The van der Waals surface area contributed by atoms with Crippen molar-refractivity contribution in [1.29, 1.82) is 0 Å². The first-order valence-corrected chi connectivity index (χ1v) is 7.26. The second-order valence-corrected chi connectivity index (χ2v) is 5.47. The Labute approximate surface area is 146 Å². The molecular formula is C15H9F7N4O. The van der Waals surface area contributed by atoms with Crippen LogP contribution in [0.15, 0.2) is 31.0 Å². The SMILES string of the molecule is C[C@H](Oc1ncc(-c2cc3c(C(F)(F)F)ncn3cn2)cc1F)C(F)(F)F. The summed E-state index contributed by atoms with van der Waals surface area (Å²) in [6.45, 7) is 0.683. The molecule has 1 atom stereocenters. The fourth-order valence-electron chi connectivity index (χ4n) is 2.16. The van der Waals surface area contributed by atoms with Crippen LogP contribution in [-0.2, 0) is 6.18 Å². The van der Waals surface area contributed by atoms with Gasteiger partial charge in [-0.25, -0.2) is 19.3 Å². The maximum absolute atomic E-state index is 14.0. The predicted molar refractivity (Wildman–Crippen MR) is 77.3 cm³/mol. The first-order chi connectivity index (χ1) is 12.5. The molecule has 3 heterocycles. The van der Waals surface area contributed by atoms with Crippen molar-refractivity contribution in [2.45, 2.75) is 25.4 Å². The van der Waals surface area contributed by atoms with Crippen molar-refractivity contribution in [2.24, 2.45) is 0 Å². The molecule has 0 unspecified atom stereocenters. The van der Waals surface area contributed by atoms with Crippen molar-refractivity contribution in [3.8, 4) is 17.1 Å². The van der Waals surface area contributed by atoms with Crippen LogP contribution in [0, 0.1) is 5.82 Å². The zero-order chi connectivity index (χ0) is 20.0. The van der Waals surface area contributed by atoms with Crippen molar-refractivity contribution in [2.75, 3.05) is 0 Å². The minimum atomic E-state index is -4.71. The zero-order valence-electron chi connectivity index (χ0n) is 13.3. The number of imidazole rings is 1. The molecule has 0 aliphatic rings. The van der Waals surface area contributed by atoms with Gasteiger partial charge in [0.25, 0.3) is 5.88 Å². The van der Waals surface area contributed by atoms with Crippen LogP contribution < -0.4 is 4.74 Å². The maximum atomic E-state index is 14.0. The normalized spacial score (nSPS) is 13.8. The molecule has 3 aromatic rings. The fraction of sp³-hybridized carbons (Fsp3) is 0.267. The van der Waals surface area contributed by atoms with Crippen LogP contribution in [0.4, 0.5) is 30.7 Å². The van der Waals surface area contributed by atoms with Crippen LogP contribution in [0.2, 0.25) is 0 Å². The topological polar surface area (TPSA) is 52.3 Å². The molecule has 3 aromatic heterocycles. The van der Waals surface area contributed by atoms with Crippen molar-refractivity contribution >= 4 is 5.52 Å². The van der Waals surface area contributed by atoms with Gasteiger partial charge in [-0.2, -0.15) is 26.3 Å². The molecule has 0 saturated heterocycles. The number of nitrogens with zero attached hydrogens (tertiary/aromatic N) is 4. The summed E-state index contributed by atoms with van der Waals surface area (Å²) in [6.07, 6.45) is -8.80. The van der Waals surface area contributed by atoms with Crippen molar-refractivity contribution in [1.82, 2.24) is 19.4 Å². The van der Waals surface area contributed by atoms with Crippen LogP contribution >= 0.6 is 0 Å². The van der Waals surface area contributed by atoms with Gasteiger partial charge in [0.2, 0.25) is 0 Å². The summed E-state index contributed by atoms with van der Waals surface area (Å²) in [5.74, 6) is -2.10. The molecule has 144 valence electrons. The van der Waals surface area contributed by atoms with E-state index in [0.29, 0.717) is 6.92 Å². The molecule has 0 N–H and O–H groups in total. The van der Waals surface area contributed by atoms with Gasteiger partial charge in [0.15, 0.2) is 17.6 Å². The van der Waals surface area contributed by atoms with Crippen molar-refractivity contribution < 1.29 is 35.5 Å². The first kappa shape index (κ1) is 18.9. The lowest BCUT2D eigenvalue weighted by Crippen LogP contribution is -2.31.